The minimum absolute atomic E-state index is 0.0655. The Bertz CT molecular complexity index is 725. The first kappa shape index (κ1) is 17.7. The highest BCUT2D eigenvalue weighted by Gasteiger charge is 2.05. The van der Waals surface area contributed by atoms with E-state index >= 15 is 0 Å². The summed E-state index contributed by atoms with van der Waals surface area (Å²) in [7, 11) is 0. The minimum atomic E-state index is -0.305. The number of nitrogens with zero attached hydrogens (tertiary/aromatic N) is 1. The smallest absolute Gasteiger partial charge is 0.271 e. The largest absolute Gasteiger partial charge is 0.326 e. The number of anilines is 1. The van der Waals surface area contributed by atoms with Gasteiger partial charge in [0.15, 0.2) is 0 Å². The number of nitrogens with one attached hydrogen (secondary N) is 2. The van der Waals surface area contributed by atoms with Gasteiger partial charge in [0, 0.05) is 22.6 Å². The number of amides is 2. The fourth-order valence-corrected chi connectivity index (χ4v) is 2.28. The molecule has 6 heteroatoms. The lowest BCUT2D eigenvalue weighted by molar-refractivity contribution is -0.115. The van der Waals surface area contributed by atoms with Gasteiger partial charge in [-0.05, 0) is 48.2 Å². The number of hydrogen-bond acceptors (Lipinski definition) is 4. The molecule has 0 heterocycles. The molecule has 0 aromatic heterocycles. The Morgan fingerprint density at radius 3 is 2.33 bits per heavy atom. The number of hydrazone groups is 1. The Hall–Kier alpha value is -2.60. The minimum Gasteiger partial charge on any atom is -0.326 e. The highest BCUT2D eigenvalue weighted by molar-refractivity contribution is 7.98. The number of benzene rings is 2. The van der Waals surface area contributed by atoms with Crippen LogP contribution in [0.25, 0.3) is 0 Å². The zero-order chi connectivity index (χ0) is 17.4. The zero-order valence-electron chi connectivity index (χ0n) is 13.6. The van der Waals surface area contributed by atoms with Crippen molar-refractivity contribution in [3.8, 4) is 0 Å². The molecule has 0 spiro atoms. The summed E-state index contributed by atoms with van der Waals surface area (Å²) in [5.41, 5.74) is 4.53. The summed E-state index contributed by atoms with van der Waals surface area (Å²) in [4.78, 5) is 24.5. The summed E-state index contributed by atoms with van der Waals surface area (Å²) in [6.07, 6.45) is 4.02. The molecule has 0 saturated heterocycles. The molecule has 0 unspecified atom stereocenters. The SMILES string of the molecule is CCC(=O)Nc1ccc(C(=O)NN=Cc2ccc(SC)cc2)cc1. The average molecular weight is 341 g/mol. The van der Waals surface area contributed by atoms with Crippen LogP contribution in [0.15, 0.2) is 58.5 Å². The van der Waals surface area contributed by atoms with Gasteiger partial charge >= 0.3 is 0 Å². The summed E-state index contributed by atoms with van der Waals surface area (Å²) in [5.74, 6) is -0.371. The van der Waals surface area contributed by atoms with Gasteiger partial charge in [-0.1, -0.05) is 19.1 Å². The van der Waals surface area contributed by atoms with E-state index in [1.165, 1.54) is 4.90 Å². The summed E-state index contributed by atoms with van der Waals surface area (Å²) in [5, 5.41) is 6.69. The summed E-state index contributed by atoms with van der Waals surface area (Å²) in [6, 6.07) is 14.5. The number of rotatable bonds is 6. The molecule has 24 heavy (non-hydrogen) atoms. The van der Waals surface area contributed by atoms with Crippen LogP contribution in [0, 0.1) is 0 Å². The van der Waals surface area contributed by atoms with Gasteiger partial charge in [-0.3, -0.25) is 9.59 Å². The van der Waals surface area contributed by atoms with E-state index in [0.29, 0.717) is 17.7 Å². The molecular weight excluding hydrogens is 322 g/mol. The van der Waals surface area contributed by atoms with Gasteiger partial charge in [0.1, 0.15) is 0 Å². The van der Waals surface area contributed by atoms with E-state index in [1.54, 1.807) is 49.2 Å². The van der Waals surface area contributed by atoms with E-state index < -0.39 is 0 Å². The van der Waals surface area contributed by atoms with Crippen molar-refractivity contribution in [1.82, 2.24) is 5.43 Å². The molecule has 2 rings (SSSR count). The molecule has 2 N–H and O–H groups in total. The highest BCUT2D eigenvalue weighted by Crippen LogP contribution is 2.14. The molecule has 2 aromatic carbocycles. The van der Waals surface area contributed by atoms with Gasteiger partial charge in [-0.25, -0.2) is 5.43 Å². The predicted octanol–water partition coefficient (Wildman–Crippen LogP) is 3.52. The van der Waals surface area contributed by atoms with Crippen LogP contribution in [0.4, 0.5) is 5.69 Å². The van der Waals surface area contributed by atoms with E-state index in [0.717, 1.165) is 5.56 Å². The van der Waals surface area contributed by atoms with Gasteiger partial charge in [0.25, 0.3) is 5.91 Å². The van der Waals surface area contributed by atoms with Crippen molar-refractivity contribution in [2.24, 2.45) is 5.10 Å². The Kier molecular flexibility index (Phi) is 6.57. The second-order valence-corrected chi connectivity index (χ2v) is 5.83. The van der Waals surface area contributed by atoms with Gasteiger partial charge in [-0.15, -0.1) is 11.8 Å². The molecule has 0 radical (unpaired) electrons. The Morgan fingerprint density at radius 1 is 1.08 bits per heavy atom. The molecule has 0 aliphatic rings. The lowest BCUT2D eigenvalue weighted by Gasteiger charge is -2.04. The third-order valence-electron chi connectivity index (χ3n) is 3.25. The van der Waals surface area contributed by atoms with Crippen LogP contribution in [0.1, 0.15) is 29.3 Å². The quantitative estimate of drug-likeness (QED) is 0.480. The van der Waals surface area contributed by atoms with Crippen molar-refractivity contribution < 1.29 is 9.59 Å². The van der Waals surface area contributed by atoms with Crippen LogP contribution < -0.4 is 10.7 Å². The van der Waals surface area contributed by atoms with Crippen LogP contribution in [-0.4, -0.2) is 24.3 Å². The van der Waals surface area contributed by atoms with E-state index in [-0.39, 0.29) is 11.8 Å². The lowest BCUT2D eigenvalue weighted by atomic mass is 10.2. The third kappa shape index (κ3) is 5.24. The van der Waals surface area contributed by atoms with Gasteiger partial charge < -0.3 is 5.32 Å². The van der Waals surface area contributed by atoms with Crippen molar-refractivity contribution in [2.45, 2.75) is 18.2 Å². The fraction of sp³-hybridized carbons (Fsp3) is 0.167. The molecule has 124 valence electrons. The fourth-order valence-electron chi connectivity index (χ4n) is 1.87. The van der Waals surface area contributed by atoms with Crippen LogP contribution in [0.5, 0.6) is 0 Å². The first-order valence-electron chi connectivity index (χ1n) is 7.49. The van der Waals surface area contributed by atoms with E-state index in [1.807, 2.05) is 30.5 Å². The maximum atomic E-state index is 12.0. The Balaban J connectivity index is 1.91. The van der Waals surface area contributed by atoms with Crippen molar-refractivity contribution in [3.05, 3.63) is 59.7 Å². The number of thioether (sulfide) groups is 1. The first-order chi connectivity index (χ1) is 11.6. The predicted molar refractivity (Wildman–Crippen MR) is 98.6 cm³/mol. The molecular formula is C18H19N3O2S. The van der Waals surface area contributed by atoms with Crippen molar-refractivity contribution in [3.63, 3.8) is 0 Å². The summed E-state index contributed by atoms with van der Waals surface area (Å²) >= 11 is 1.67. The zero-order valence-corrected chi connectivity index (χ0v) is 14.4. The van der Waals surface area contributed by atoms with Crippen molar-refractivity contribution >= 4 is 35.5 Å². The molecule has 5 nitrogen and oxygen atoms in total. The molecule has 0 atom stereocenters. The molecule has 0 bridgehead atoms. The third-order valence-corrected chi connectivity index (χ3v) is 3.99. The molecule has 0 fully saturated rings. The maximum Gasteiger partial charge on any atom is 0.271 e. The number of carbonyl (C=O) groups is 2. The van der Waals surface area contributed by atoms with Crippen molar-refractivity contribution in [1.29, 1.82) is 0 Å². The Labute approximate surface area is 145 Å². The molecule has 0 saturated carbocycles. The van der Waals surface area contributed by atoms with E-state index in [2.05, 4.69) is 15.8 Å². The van der Waals surface area contributed by atoms with Crippen LogP contribution in [0.3, 0.4) is 0 Å². The van der Waals surface area contributed by atoms with Crippen LogP contribution >= 0.6 is 11.8 Å². The summed E-state index contributed by atoms with van der Waals surface area (Å²) < 4.78 is 0. The van der Waals surface area contributed by atoms with Crippen LogP contribution in [0.2, 0.25) is 0 Å². The molecule has 2 aromatic rings. The monoisotopic (exact) mass is 341 g/mol. The summed E-state index contributed by atoms with van der Waals surface area (Å²) in [6.45, 7) is 1.78. The average Bonchev–Trinajstić information content (AvgIpc) is 2.62. The second-order valence-electron chi connectivity index (χ2n) is 4.95. The highest BCUT2D eigenvalue weighted by atomic mass is 32.2. The van der Waals surface area contributed by atoms with E-state index in [9.17, 15) is 9.59 Å². The normalized spacial score (nSPS) is 10.6. The maximum absolute atomic E-state index is 12.0. The first-order valence-corrected chi connectivity index (χ1v) is 8.72. The number of hydrogen-bond donors (Lipinski definition) is 2. The Morgan fingerprint density at radius 2 is 1.75 bits per heavy atom. The van der Waals surface area contributed by atoms with Gasteiger partial charge in [0.05, 0.1) is 6.21 Å². The second kappa shape index (κ2) is 8.88. The topological polar surface area (TPSA) is 70.6 Å². The lowest BCUT2D eigenvalue weighted by Crippen LogP contribution is -2.17. The van der Waals surface area contributed by atoms with E-state index in [4.69, 9.17) is 0 Å². The molecule has 0 aliphatic carbocycles. The van der Waals surface area contributed by atoms with Crippen molar-refractivity contribution in [2.75, 3.05) is 11.6 Å². The molecule has 0 aliphatic heterocycles. The standard InChI is InChI=1S/C18H19N3O2S/c1-3-17(22)20-15-8-6-14(7-9-15)18(23)21-19-12-13-4-10-16(24-2)11-5-13/h4-12H,3H2,1-2H3,(H,20,22)(H,21,23). The van der Waals surface area contributed by atoms with Crippen LogP contribution in [-0.2, 0) is 4.79 Å². The van der Waals surface area contributed by atoms with Gasteiger partial charge in [-0.2, -0.15) is 5.10 Å². The number of carbonyl (C=O) groups excluding carboxylic acids is 2. The molecule has 2 amide bonds. The van der Waals surface area contributed by atoms with Gasteiger partial charge in [0.2, 0.25) is 5.91 Å².